The molecule has 0 saturated heterocycles. The molecule has 0 fully saturated rings. The highest BCUT2D eigenvalue weighted by Crippen LogP contribution is 2.12. The van der Waals surface area contributed by atoms with Gasteiger partial charge in [-0.25, -0.2) is 4.79 Å². The SMILES string of the molecule is NCC(=O)NC(CS)C(=O)NC(Cc1ccc(O)cc1)C(=O)NC(CC(N)=O)C(=O)O. The number of nitrogens with one attached hydrogen (secondary N) is 3. The van der Waals surface area contributed by atoms with Crippen LogP contribution in [0.25, 0.3) is 0 Å². The number of carboxylic acid groups (broad SMARTS) is 1. The average Bonchev–Trinajstić information content (AvgIpc) is 2.71. The summed E-state index contributed by atoms with van der Waals surface area (Å²) in [7, 11) is 0. The van der Waals surface area contributed by atoms with Crippen LogP contribution in [0.4, 0.5) is 0 Å². The Kier molecular flexibility index (Phi) is 10.3. The lowest BCUT2D eigenvalue weighted by Crippen LogP contribution is -2.57. The zero-order valence-corrected chi connectivity index (χ0v) is 17.3. The fourth-order valence-electron chi connectivity index (χ4n) is 2.47. The van der Waals surface area contributed by atoms with Crippen LogP contribution in [0.3, 0.4) is 0 Å². The summed E-state index contributed by atoms with van der Waals surface area (Å²) in [5.41, 5.74) is 10.8. The van der Waals surface area contributed by atoms with Gasteiger partial charge < -0.3 is 37.6 Å². The van der Waals surface area contributed by atoms with Crippen molar-refractivity contribution >= 4 is 42.2 Å². The second kappa shape index (κ2) is 12.4. The van der Waals surface area contributed by atoms with Crippen molar-refractivity contribution in [1.29, 1.82) is 0 Å². The van der Waals surface area contributed by atoms with E-state index in [1.165, 1.54) is 24.3 Å². The molecule has 0 spiro atoms. The topological polar surface area (TPSA) is 214 Å². The predicted molar refractivity (Wildman–Crippen MR) is 112 cm³/mol. The lowest BCUT2D eigenvalue weighted by Gasteiger charge is -2.24. The van der Waals surface area contributed by atoms with E-state index < -0.39 is 54.1 Å². The molecule has 0 radical (unpaired) electrons. The maximum atomic E-state index is 12.7. The van der Waals surface area contributed by atoms with E-state index in [0.717, 1.165) is 0 Å². The highest BCUT2D eigenvalue weighted by molar-refractivity contribution is 7.80. The van der Waals surface area contributed by atoms with Gasteiger partial charge in [-0.05, 0) is 17.7 Å². The number of hydrogen-bond acceptors (Lipinski definition) is 8. The highest BCUT2D eigenvalue weighted by atomic mass is 32.1. The summed E-state index contributed by atoms with van der Waals surface area (Å²) in [6, 6.07) is 1.79. The molecule has 170 valence electrons. The summed E-state index contributed by atoms with van der Waals surface area (Å²) in [5, 5.41) is 25.5. The van der Waals surface area contributed by atoms with Crippen LogP contribution >= 0.6 is 12.6 Å². The van der Waals surface area contributed by atoms with E-state index in [1.807, 2.05) is 0 Å². The molecular weight excluding hydrogens is 430 g/mol. The Bertz CT molecular complexity index is 818. The van der Waals surface area contributed by atoms with Crippen molar-refractivity contribution in [3.63, 3.8) is 0 Å². The Balaban J connectivity index is 3.06. The number of hydrogen-bond donors (Lipinski definition) is 8. The molecule has 1 rings (SSSR count). The van der Waals surface area contributed by atoms with Crippen LogP contribution < -0.4 is 27.4 Å². The first-order chi connectivity index (χ1) is 14.6. The van der Waals surface area contributed by atoms with E-state index in [9.17, 15) is 34.2 Å². The molecule has 0 aromatic heterocycles. The van der Waals surface area contributed by atoms with Gasteiger partial charge in [0.25, 0.3) is 0 Å². The fourth-order valence-corrected chi connectivity index (χ4v) is 2.73. The zero-order chi connectivity index (χ0) is 23.6. The summed E-state index contributed by atoms with van der Waals surface area (Å²) >= 11 is 4.00. The summed E-state index contributed by atoms with van der Waals surface area (Å²) in [6.07, 6.45) is -0.725. The summed E-state index contributed by atoms with van der Waals surface area (Å²) in [6.45, 7) is -0.359. The number of aliphatic carboxylic acids is 1. The zero-order valence-electron chi connectivity index (χ0n) is 16.4. The summed E-state index contributed by atoms with van der Waals surface area (Å²) in [4.78, 5) is 59.2. The second-order valence-electron chi connectivity index (χ2n) is 6.51. The van der Waals surface area contributed by atoms with Gasteiger partial charge in [-0.1, -0.05) is 12.1 Å². The minimum Gasteiger partial charge on any atom is -0.508 e. The van der Waals surface area contributed by atoms with Crippen molar-refractivity contribution in [2.45, 2.75) is 31.0 Å². The van der Waals surface area contributed by atoms with E-state index in [4.69, 9.17) is 11.5 Å². The Morgan fingerprint density at radius 3 is 1.97 bits per heavy atom. The number of primary amides is 1. The van der Waals surface area contributed by atoms with Crippen LogP contribution in [0.2, 0.25) is 0 Å². The smallest absolute Gasteiger partial charge is 0.326 e. The van der Waals surface area contributed by atoms with E-state index in [2.05, 4.69) is 28.6 Å². The molecule has 13 heteroatoms. The van der Waals surface area contributed by atoms with Crippen molar-refractivity contribution in [2.24, 2.45) is 11.5 Å². The molecule has 4 amide bonds. The lowest BCUT2D eigenvalue weighted by atomic mass is 10.0. The number of phenolic OH excluding ortho intramolecular Hbond substituents is 1. The number of rotatable bonds is 12. The molecule has 9 N–H and O–H groups in total. The highest BCUT2D eigenvalue weighted by Gasteiger charge is 2.30. The van der Waals surface area contributed by atoms with Crippen LogP contribution in [0.1, 0.15) is 12.0 Å². The van der Waals surface area contributed by atoms with E-state index in [0.29, 0.717) is 5.56 Å². The number of amides is 4. The van der Waals surface area contributed by atoms with Gasteiger partial charge >= 0.3 is 5.97 Å². The van der Waals surface area contributed by atoms with Gasteiger partial charge in [0.15, 0.2) is 0 Å². The van der Waals surface area contributed by atoms with Crippen molar-refractivity contribution in [2.75, 3.05) is 12.3 Å². The molecule has 3 unspecified atom stereocenters. The van der Waals surface area contributed by atoms with E-state index in [1.54, 1.807) is 0 Å². The maximum absolute atomic E-state index is 12.7. The molecule has 0 heterocycles. The van der Waals surface area contributed by atoms with Crippen LogP contribution in [-0.4, -0.2) is 70.2 Å². The van der Waals surface area contributed by atoms with Gasteiger partial charge in [-0.15, -0.1) is 0 Å². The molecule has 0 bridgehead atoms. The third-order valence-corrected chi connectivity index (χ3v) is 4.41. The molecule has 0 aliphatic carbocycles. The van der Waals surface area contributed by atoms with E-state index >= 15 is 0 Å². The first-order valence-corrected chi connectivity index (χ1v) is 9.70. The molecule has 0 saturated carbocycles. The molecule has 1 aromatic carbocycles. The normalized spacial score (nSPS) is 13.4. The Morgan fingerprint density at radius 1 is 0.935 bits per heavy atom. The number of carbonyl (C=O) groups is 5. The predicted octanol–water partition coefficient (Wildman–Crippen LogP) is -2.76. The first kappa shape index (κ1) is 25.7. The molecular formula is C18H25N5O7S. The van der Waals surface area contributed by atoms with Gasteiger partial charge in [0, 0.05) is 12.2 Å². The average molecular weight is 455 g/mol. The fraction of sp³-hybridized carbons (Fsp3) is 0.389. The third-order valence-electron chi connectivity index (χ3n) is 4.05. The van der Waals surface area contributed by atoms with Crippen molar-refractivity contribution < 1.29 is 34.2 Å². The standard InChI is InChI=1S/C18H25N5O7S/c19-7-15(26)21-13(8-31)17(28)22-11(5-9-1-3-10(24)4-2-9)16(27)23-12(18(29)30)6-14(20)25/h1-4,11-13,24,31H,5-8,19H2,(H2,20,25)(H,21,26)(H,22,28)(H,23,27)(H,29,30). The number of nitrogens with two attached hydrogens (primary N) is 2. The summed E-state index contributed by atoms with van der Waals surface area (Å²) in [5.74, 6) is -4.78. The number of phenols is 1. The van der Waals surface area contributed by atoms with Gasteiger partial charge in [0.2, 0.25) is 23.6 Å². The second-order valence-corrected chi connectivity index (χ2v) is 6.87. The largest absolute Gasteiger partial charge is 0.508 e. The van der Waals surface area contributed by atoms with Gasteiger partial charge in [-0.2, -0.15) is 12.6 Å². The molecule has 3 atom stereocenters. The molecule has 31 heavy (non-hydrogen) atoms. The number of carbonyl (C=O) groups excluding carboxylic acids is 4. The Labute approximate surface area is 183 Å². The van der Waals surface area contributed by atoms with Crippen molar-refractivity contribution in [1.82, 2.24) is 16.0 Å². The number of aromatic hydroxyl groups is 1. The van der Waals surface area contributed by atoms with Crippen LogP contribution in [0.5, 0.6) is 5.75 Å². The van der Waals surface area contributed by atoms with Gasteiger partial charge in [0.05, 0.1) is 13.0 Å². The lowest BCUT2D eigenvalue weighted by molar-refractivity contribution is -0.143. The Hall–Kier alpha value is -3.32. The third kappa shape index (κ3) is 8.92. The molecule has 0 aliphatic rings. The van der Waals surface area contributed by atoms with Gasteiger partial charge in [0.1, 0.15) is 23.9 Å². The maximum Gasteiger partial charge on any atom is 0.326 e. The minimum absolute atomic E-state index is 0.0131. The monoisotopic (exact) mass is 455 g/mol. The molecule has 0 aliphatic heterocycles. The van der Waals surface area contributed by atoms with Crippen molar-refractivity contribution in [3.05, 3.63) is 29.8 Å². The van der Waals surface area contributed by atoms with Gasteiger partial charge in [-0.3, -0.25) is 19.2 Å². The number of carboxylic acids is 1. The molecule has 1 aromatic rings. The van der Waals surface area contributed by atoms with Crippen LogP contribution in [0.15, 0.2) is 24.3 Å². The quantitative estimate of drug-likeness (QED) is 0.154. The van der Waals surface area contributed by atoms with Crippen LogP contribution in [0, 0.1) is 0 Å². The number of benzene rings is 1. The van der Waals surface area contributed by atoms with Crippen LogP contribution in [-0.2, 0) is 30.4 Å². The van der Waals surface area contributed by atoms with E-state index in [-0.39, 0.29) is 24.5 Å². The Morgan fingerprint density at radius 2 is 1.48 bits per heavy atom. The van der Waals surface area contributed by atoms with Crippen molar-refractivity contribution in [3.8, 4) is 5.75 Å². The molecule has 12 nitrogen and oxygen atoms in total. The first-order valence-electron chi connectivity index (χ1n) is 9.07. The summed E-state index contributed by atoms with van der Waals surface area (Å²) < 4.78 is 0. The number of thiol groups is 1. The minimum atomic E-state index is -1.60.